The molecule has 0 aliphatic heterocycles. The predicted octanol–water partition coefficient (Wildman–Crippen LogP) is 6.51. The van der Waals surface area contributed by atoms with Gasteiger partial charge in [-0.3, -0.25) is 9.69 Å². The number of fused-ring (bicyclic) bond motifs is 1. The van der Waals surface area contributed by atoms with Crippen LogP contribution in [0.5, 0.6) is 0 Å². The first-order valence-electron chi connectivity index (χ1n) is 10.7. The number of benzene rings is 3. The fourth-order valence-electron chi connectivity index (χ4n) is 3.72. The summed E-state index contributed by atoms with van der Waals surface area (Å²) < 4.78 is 26.1. The van der Waals surface area contributed by atoms with E-state index in [0.717, 1.165) is 16.8 Å². The van der Waals surface area contributed by atoms with Gasteiger partial charge in [0.05, 0.1) is 16.7 Å². The van der Waals surface area contributed by atoms with E-state index in [1.165, 1.54) is 11.3 Å². The van der Waals surface area contributed by atoms with E-state index < -0.39 is 12.2 Å². The van der Waals surface area contributed by atoms with Crippen molar-refractivity contribution >= 4 is 33.4 Å². The van der Waals surface area contributed by atoms with E-state index in [2.05, 4.69) is 9.97 Å². The van der Waals surface area contributed by atoms with Crippen molar-refractivity contribution in [3.8, 4) is 11.3 Å². The number of nitrogens with zero attached hydrogens (tertiary/aromatic N) is 3. The fraction of sp³-hybridized carbons (Fsp3) is 0.115. The summed E-state index contributed by atoms with van der Waals surface area (Å²) in [4.78, 5) is 26.5. The minimum Gasteiger partial charge on any atom is -0.337 e. The average molecular weight is 475 g/mol. The number of aromatic nitrogens is 3. The fourth-order valence-corrected chi connectivity index (χ4v) is 4.58. The highest BCUT2D eigenvalue weighted by Crippen LogP contribution is 2.29. The highest BCUT2D eigenvalue weighted by Gasteiger charge is 2.22. The molecule has 8 heteroatoms. The molecule has 0 atom stereocenters. The smallest absolute Gasteiger partial charge is 0.295 e. The number of carbonyl (C=O) groups excluding carboxylic acids is 1. The van der Waals surface area contributed by atoms with Gasteiger partial charge >= 0.3 is 0 Å². The van der Waals surface area contributed by atoms with Crippen molar-refractivity contribution in [1.82, 2.24) is 15.0 Å². The number of anilines is 1. The Morgan fingerprint density at radius 1 is 0.971 bits per heavy atom. The summed E-state index contributed by atoms with van der Waals surface area (Å²) in [5.74, 6) is -0.659. The van der Waals surface area contributed by atoms with Crippen molar-refractivity contribution < 1.29 is 13.6 Å². The number of hydrogen-bond acceptors (Lipinski definition) is 4. The van der Waals surface area contributed by atoms with Crippen LogP contribution < -0.4 is 4.90 Å². The molecule has 2 aromatic heterocycles. The molecular formula is C26H20F2N4OS. The van der Waals surface area contributed by atoms with Gasteiger partial charge in [-0.2, -0.15) is 0 Å². The Morgan fingerprint density at radius 2 is 1.71 bits per heavy atom. The molecule has 5 rings (SSSR count). The number of halogens is 2. The summed E-state index contributed by atoms with van der Waals surface area (Å²) in [6.07, 6.45) is -2.06. The van der Waals surface area contributed by atoms with Gasteiger partial charge in [-0.15, -0.1) is 11.3 Å². The summed E-state index contributed by atoms with van der Waals surface area (Å²) in [5, 5.41) is 2.51. The van der Waals surface area contributed by atoms with E-state index in [-0.39, 0.29) is 5.91 Å². The van der Waals surface area contributed by atoms with Crippen LogP contribution in [0, 0.1) is 0 Å². The molecule has 0 saturated heterocycles. The van der Waals surface area contributed by atoms with Crippen LogP contribution in [0.25, 0.3) is 22.3 Å². The highest BCUT2D eigenvalue weighted by molar-refractivity contribution is 7.14. The Kier molecular flexibility index (Phi) is 6.14. The lowest BCUT2D eigenvalue weighted by atomic mass is 10.1. The molecule has 0 saturated carbocycles. The lowest BCUT2D eigenvalue weighted by Gasteiger charge is -2.20. The van der Waals surface area contributed by atoms with Gasteiger partial charge in [0.2, 0.25) is 0 Å². The first-order valence-corrected chi connectivity index (χ1v) is 11.6. The summed E-state index contributed by atoms with van der Waals surface area (Å²) in [6.45, 7) is 0.424. The molecule has 0 spiro atoms. The number of rotatable bonds is 7. The number of thiazole rings is 1. The second-order valence-corrected chi connectivity index (χ2v) is 8.56. The van der Waals surface area contributed by atoms with Crippen LogP contribution in [0.1, 0.15) is 28.2 Å². The van der Waals surface area contributed by atoms with Crippen LogP contribution in [0.2, 0.25) is 0 Å². The van der Waals surface area contributed by atoms with Gasteiger partial charge in [-0.1, -0.05) is 60.7 Å². The zero-order chi connectivity index (χ0) is 23.5. The van der Waals surface area contributed by atoms with Gasteiger partial charge in [-0.25, -0.2) is 18.7 Å². The maximum atomic E-state index is 13.6. The summed E-state index contributed by atoms with van der Waals surface area (Å²) in [6, 6.07) is 24.5. The maximum Gasteiger partial charge on any atom is 0.295 e. The van der Waals surface area contributed by atoms with Crippen molar-refractivity contribution in [3.05, 3.63) is 101 Å². The Morgan fingerprint density at radius 3 is 2.44 bits per heavy atom. The third-order valence-corrected chi connectivity index (χ3v) is 6.32. The van der Waals surface area contributed by atoms with Gasteiger partial charge in [0.15, 0.2) is 11.0 Å². The third-order valence-electron chi connectivity index (χ3n) is 5.46. The zero-order valence-corrected chi connectivity index (χ0v) is 18.8. The summed E-state index contributed by atoms with van der Waals surface area (Å²) in [7, 11) is 0. The Hall–Kier alpha value is -3.91. The number of nitrogens with one attached hydrogen (secondary N) is 1. The topological polar surface area (TPSA) is 61.9 Å². The Bertz CT molecular complexity index is 1420. The molecule has 170 valence electrons. The van der Waals surface area contributed by atoms with E-state index >= 15 is 0 Å². The molecule has 0 fully saturated rings. The molecule has 0 unspecified atom stereocenters. The van der Waals surface area contributed by atoms with Gasteiger partial charge in [-0.05, 0) is 30.2 Å². The van der Waals surface area contributed by atoms with Gasteiger partial charge in [0.25, 0.3) is 12.3 Å². The van der Waals surface area contributed by atoms with E-state index in [9.17, 15) is 13.6 Å². The standard InChI is InChI=1S/C26H20F2N4OS/c27-23(28)24-29-20-12-11-19(15-21(20)30-24)25(33)32(14-13-17-7-3-1-4-8-17)26-31-22(16-34-26)18-9-5-2-6-10-18/h1-12,15-16,23H,13-14H2,(H,29,30). The zero-order valence-electron chi connectivity index (χ0n) is 18.0. The van der Waals surface area contributed by atoms with Crippen molar-refractivity contribution in [1.29, 1.82) is 0 Å². The van der Waals surface area contributed by atoms with E-state index in [1.807, 2.05) is 66.0 Å². The Labute approximate surface area is 198 Å². The number of alkyl halides is 2. The van der Waals surface area contributed by atoms with Crippen LogP contribution in [0.3, 0.4) is 0 Å². The SMILES string of the molecule is O=C(c1ccc2nc(C(F)F)[nH]c2c1)N(CCc1ccccc1)c1nc(-c2ccccc2)cs1. The second kappa shape index (κ2) is 9.52. The van der Waals surface area contributed by atoms with Gasteiger partial charge in [0.1, 0.15) is 0 Å². The average Bonchev–Trinajstić information content (AvgIpc) is 3.53. The molecule has 0 bridgehead atoms. The third kappa shape index (κ3) is 4.58. The lowest BCUT2D eigenvalue weighted by Crippen LogP contribution is -2.33. The number of H-pyrrole nitrogens is 1. The molecule has 5 nitrogen and oxygen atoms in total. The minimum atomic E-state index is -2.71. The normalized spacial score (nSPS) is 11.3. The lowest BCUT2D eigenvalue weighted by molar-refractivity contribution is 0.0987. The molecule has 1 N–H and O–H groups in total. The predicted molar refractivity (Wildman–Crippen MR) is 130 cm³/mol. The van der Waals surface area contributed by atoms with E-state index in [4.69, 9.17) is 4.98 Å². The molecule has 3 aromatic carbocycles. The van der Waals surface area contributed by atoms with Crippen molar-refractivity contribution in [2.75, 3.05) is 11.4 Å². The number of carbonyl (C=O) groups is 1. The number of amides is 1. The largest absolute Gasteiger partial charge is 0.337 e. The molecule has 2 heterocycles. The molecular weight excluding hydrogens is 454 g/mol. The molecule has 34 heavy (non-hydrogen) atoms. The summed E-state index contributed by atoms with van der Waals surface area (Å²) in [5.41, 5.74) is 4.03. The first kappa shape index (κ1) is 21.9. The quantitative estimate of drug-likeness (QED) is 0.292. The van der Waals surface area contributed by atoms with Crippen LogP contribution in [0.15, 0.2) is 84.2 Å². The van der Waals surface area contributed by atoms with Crippen molar-refractivity contribution in [3.63, 3.8) is 0 Å². The molecule has 5 aromatic rings. The van der Waals surface area contributed by atoms with Gasteiger partial charge < -0.3 is 4.98 Å². The Balaban J connectivity index is 1.48. The number of hydrogen-bond donors (Lipinski definition) is 1. The highest BCUT2D eigenvalue weighted by atomic mass is 32.1. The van der Waals surface area contributed by atoms with E-state index in [0.29, 0.717) is 34.7 Å². The maximum absolute atomic E-state index is 13.6. The molecule has 0 aliphatic carbocycles. The van der Waals surface area contributed by atoms with Crippen LogP contribution in [0.4, 0.5) is 13.9 Å². The van der Waals surface area contributed by atoms with Crippen LogP contribution in [-0.4, -0.2) is 27.4 Å². The second-order valence-electron chi connectivity index (χ2n) is 7.73. The number of imidazole rings is 1. The van der Waals surface area contributed by atoms with Gasteiger partial charge in [0, 0.05) is 23.1 Å². The van der Waals surface area contributed by atoms with E-state index in [1.54, 1.807) is 23.1 Å². The minimum absolute atomic E-state index is 0.250. The van der Waals surface area contributed by atoms with Crippen molar-refractivity contribution in [2.45, 2.75) is 12.8 Å². The van der Waals surface area contributed by atoms with Crippen LogP contribution in [-0.2, 0) is 6.42 Å². The molecule has 0 radical (unpaired) electrons. The molecule has 0 aliphatic rings. The van der Waals surface area contributed by atoms with Crippen molar-refractivity contribution in [2.24, 2.45) is 0 Å². The number of aromatic amines is 1. The first-order chi connectivity index (χ1) is 16.6. The summed E-state index contributed by atoms with van der Waals surface area (Å²) >= 11 is 1.40. The van der Waals surface area contributed by atoms with Crippen LogP contribution >= 0.6 is 11.3 Å². The molecule has 1 amide bonds. The monoisotopic (exact) mass is 474 g/mol.